The minimum atomic E-state index is -0.983. The van der Waals surface area contributed by atoms with Crippen LogP contribution in [0.1, 0.15) is 30.1 Å². The number of amides is 1. The van der Waals surface area contributed by atoms with Crippen molar-refractivity contribution in [3.63, 3.8) is 0 Å². The lowest BCUT2D eigenvalue weighted by atomic mass is 9.95. The highest BCUT2D eigenvalue weighted by Gasteiger charge is 2.40. The Morgan fingerprint density at radius 3 is 2.91 bits per heavy atom. The monoisotopic (exact) mass is 319 g/mol. The van der Waals surface area contributed by atoms with Gasteiger partial charge in [0.05, 0.1) is 25.2 Å². The van der Waals surface area contributed by atoms with Gasteiger partial charge in [0.1, 0.15) is 6.04 Å². The van der Waals surface area contributed by atoms with E-state index in [-0.39, 0.29) is 24.5 Å². The molecule has 0 aliphatic carbocycles. The second kappa shape index (κ2) is 6.68. The summed E-state index contributed by atoms with van der Waals surface area (Å²) in [7, 11) is 1.54. The molecule has 1 aromatic rings. The number of carbonyl (C=O) groups is 2. The fourth-order valence-corrected chi connectivity index (χ4v) is 3.40. The van der Waals surface area contributed by atoms with Crippen LogP contribution >= 0.6 is 0 Å². The molecule has 1 fully saturated rings. The molecule has 2 aliphatic rings. The zero-order chi connectivity index (χ0) is 16.4. The third kappa shape index (κ3) is 3.23. The van der Waals surface area contributed by atoms with E-state index in [0.717, 1.165) is 12.0 Å². The van der Waals surface area contributed by atoms with Crippen molar-refractivity contribution in [2.75, 3.05) is 20.3 Å². The topological polar surface area (TPSA) is 76.1 Å². The summed E-state index contributed by atoms with van der Waals surface area (Å²) in [6, 6.07) is 7.12. The van der Waals surface area contributed by atoms with Crippen LogP contribution in [0.15, 0.2) is 24.3 Å². The second-order valence-electron chi connectivity index (χ2n) is 6.01. The Morgan fingerprint density at radius 2 is 2.17 bits per heavy atom. The van der Waals surface area contributed by atoms with Crippen LogP contribution in [0.2, 0.25) is 0 Å². The van der Waals surface area contributed by atoms with Crippen molar-refractivity contribution in [3.05, 3.63) is 35.4 Å². The molecule has 1 aromatic carbocycles. The molecule has 0 radical (unpaired) electrons. The summed E-state index contributed by atoms with van der Waals surface area (Å²) in [5.74, 6) is -1.18. The molecule has 0 aromatic heterocycles. The van der Waals surface area contributed by atoms with Gasteiger partial charge < -0.3 is 19.5 Å². The highest BCUT2D eigenvalue weighted by atomic mass is 16.5. The van der Waals surface area contributed by atoms with E-state index in [0.29, 0.717) is 19.6 Å². The Hall–Kier alpha value is -1.92. The molecule has 0 saturated carbocycles. The van der Waals surface area contributed by atoms with Crippen molar-refractivity contribution in [1.82, 2.24) is 4.90 Å². The van der Waals surface area contributed by atoms with Crippen LogP contribution < -0.4 is 0 Å². The van der Waals surface area contributed by atoms with E-state index in [1.165, 1.54) is 17.6 Å². The van der Waals surface area contributed by atoms with Crippen LogP contribution in [0.3, 0.4) is 0 Å². The molecular weight excluding hydrogens is 298 g/mol. The van der Waals surface area contributed by atoms with Gasteiger partial charge in [0.15, 0.2) is 0 Å². The molecule has 0 bridgehead atoms. The Bertz CT molecular complexity index is 602. The summed E-state index contributed by atoms with van der Waals surface area (Å²) >= 11 is 0. The number of carboxylic acids is 1. The number of hydrogen-bond acceptors (Lipinski definition) is 4. The van der Waals surface area contributed by atoms with Crippen LogP contribution in [-0.4, -0.2) is 54.3 Å². The number of methoxy groups -OCH3 is 1. The molecule has 2 heterocycles. The summed E-state index contributed by atoms with van der Waals surface area (Å²) in [5.41, 5.74) is 2.23. The second-order valence-corrected chi connectivity index (χ2v) is 6.01. The van der Waals surface area contributed by atoms with Gasteiger partial charge in [-0.1, -0.05) is 24.3 Å². The molecule has 1 amide bonds. The van der Waals surface area contributed by atoms with Gasteiger partial charge in [-0.05, 0) is 17.5 Å². The lowest BCUT2D eigenvalue weighted by Gasteiger charge is -2.28. The van der Waals surface area contributed by atoms with E-state index >= 15 is 0 Å². The van der Waals surface area contributed by atoms with Crippen molar-refractivity contribution in [2.24, 2.45) is 0 Å². The maximum absolute atomic E-state index is 12.6. The predicted octanol–water partition coefficient (Wildman–Crippen LogP) is 1.39. The lowest BCUT2D eigenvalue weighted by Crippen LogP contribution is -2.41. The molecule has 2 aliphatic heterocycles. The Kier molecular flexibility index (Phi) is 4.63. The summed E-state index contributed by atoms with van der Waals surface area (Å²) in [5, 5.41) is 9.33. The van der Waals surface area contributed by atoms with Gasteiger partial charge in [-0.2, -0.15) is 0 Å². The van der Waals surface area contributed by atoms with Crippen LogP contribution in [-0.2, 0) is 25.5 Å². The zero-order valence-corrected chi connectivity index (χ0v) is 13.1. The molecule has 1 N–H and O–H groups in total. The third-order valence-corrected chi connectivity index (χ3v) is 4.65. The molecule has 3 rings (SSSR count). The molecule has 3 atom stereocenters. The number of aliphatic carboxylic acids is 1. The first-order valence-corrected chi connectivity index (χ1v) is 7.84. The average Bonchev–Trinajstić information content (AvgIpc) is 3.00. The van der Waals surface area contributed by atoms with Crippen molar-refractivity contribution >= 4 is 11.9 Å². The van der Waals surface area contributed by atoms with Crippen LogP contribution in [0, 0.1) is 0 Å². The number of benzene rings is 1. The zero-order valence-electron chi connectivity index (χ0n) is 13.1. The van der Waals surface area contributed by atoms with Crippen LogP contribution in [0.4, 0.5) is 0 Å². The predicted molar refractivity (Wildman–Crippen MR) is 82.0 cm³/mol. The van der Waals surface area contributed by atoms with Crippen LogP contribution in [0.5, 0.6) is 0 Å². The molecule has 6 heteroatoms. The van der Waals surface area contributed by atoms with Gasteiger partial charge in [0.25, 0.3) is 0 Å². The SMILES string of the molecule is COC1CC(C(=O)O)N(C(=O)CC2OCCc3ccccc32)C1. The largest absolute Gasteiger partial charge is 0.480 e. The van der Waals surface area contributed by atoms with Crippen LogP contribution in [0.25, 0.3) is 0 Å². The lowest BCUT2D eigenvalue weighted by molar-refractivity contribution is -0.149. The highest BCUT2D eigenvalue weighted by Crippen LogP contribution is 2.31. The summed E-state index contributed by atoms with van der Waals surface area (Å²) in [6.07, 6.45) is 0.813. The van der Waals surface area contributed by atoms with Gasteiger partial charge in [-0.15, -0.1) is 0 Å². The number of fused-ring (bicyclic) bond motifs is 1. The fourth-order valence-electron chi connectivity index (χ4n) is 3.40. The first-order valence-electron chi connectivity index (χ1n) is 7.84. The molecule has 0 spiro atoms. The summed E-state index contributed by atoms with van der Waals surface area (Å²) < 4.78 is 11.0. The van der Waals surface area contributed by atoms with Gasteiger partial charge >= 0.3 is 5.97 Å². The Balaban J connectivity index is 1.73. The van der Waals surface area contributed by atoms with E-state index in [2.05, 4.69) is 0 Å². The molecule has 23 heavy (non-hydrogen) atoms. The molecule has 3 unspecified atom stereocenters. The van der Waals surface area contributed by atoms with Gasteiger partial charge in [-0.3, -0.25) is 4.79 Å². The third-order valence-electron chi connectivity index (χ3n) is 4.65. The first-order chi connectivity index (χ1) is 11.1. The van der Waals surface area contributed by atoms with E-state index in [4.69, 9.17) is 9.47 Å². The van der Waals surface area contributed by atoms with E-state index in [9.17, 15) is 14.7 Å². The Labute approximate surface area is 135 Å². The normalized spacial score (nSPS) is 26.8. The molecular formula is C17H21NO5. The number of nitrogens with zero attached hydrogens (tertiary/aromatic N) is 1. The van der Waals surface area contributed by atoms with E-state index < -0.39 is 12.0 Å². The van der Waals surface area contributed by atoms with E-state index in [1.807, 2.05) is 24.3 Å². The van der Waals surface area contributed by atoms with Crippen molar-refractivity contribution in [3.8, 4) is 0 Å². The molecule has 1 saturated heterocycles. The highest BCUT2D eigenvalue weighted by molar-refractivity contribution is 5.84. The van der Waals surface area contributed by atoms with Gasteiger partial charge in [-0.25, -0.2) is 4.79 Å². The molecule has 6 nitrogen and oxygen atoms in total. The maximum atomic E-state index is 12.6. The van der Waals surface area contributed by atoms with Gasteiger partial charge in [0.2, 0.25) is 5.91 Å². The summed E-state index contributed by atoms with van der Waals surface area (Å²) in [4.78, 5) is 25.4. The van der Waals surface area contributed by atoms with Gasteiger partial charge in [0, 0.05) is 20.1 Å². The standard InChI is InChI=1S/C17H21NO5/c1-22-12-8-14(17(20)21)18(10-12)16(19)9-15-13-5-3-2-4-11(13)6-7-23-15/h2-5,12,14-15H,6-10H2,1H3,(H,20,21). The minimum Gasteiger partial charge on any atom is -0.480 e. The minimum absolute atomic E-state index is 0.164. The van der Waals surface area contributed by atoms with Crippen molar-refractivity contribution in [1.29, 1.82) is 0 Å². The quantitative estimate of drug-likeness (QED) is 0.907. The van der Waals surface area contributed by atoms with Crippen molar-refractivity contribution in [2.45, 2.75) is 37.5 Å². The number of carbonyl (C=O) groups excluding carboxylic acids is 1. The number of ether oxygens (including phenoxy) is 2. The number of hydrogen-bond donors (Lipinski definition) is 1. The first kappa shape index (κ1) is 16.0. The number of likely N-dealkylation sites (tertiary alicyclic amines) is 1. The maximum Gasteiger partial charge on any atom is 0.326 e. The smallest absolute Gasteiger partial charge is 0.326 e. The summed E-state index contributed by atoms with van der Waals surface area (Å²) in [6.45, 7) is 0.901. The fraction of sp³-hybridized carbons (Fsp3) is 0.529. The molecule has 124 valence electrons. The van der Waals surface area contributed by atoms with E-state index in [1.54, 1.807) is 0 Å². The van der Waals surface area contributed by atoms with Crippen molar-refractivity contribution < 1.29 is 24.2 Å². The number of carboxylic acid groups (broad SMARTS) is 1. The Morgan fingerprint density at radius 1 is 1.39 bits per heavy atom. The average molecular weight is 319 g/mol. The number of rotatable bonds is 4.